The van der Waals surface area contributed by atoms with Crippen molar-refractivity contribution in [3.8, 4) is 0 Å². The fourth-order valence-corrected chi connectivity index (χ4v) is 3.94. The molecule has 1 N–H and O–H groups in total. The van der Waals surface area contributed by atoms with Crippen molar-refractivity contribution in [2.75, 3.05) is 18.9 Å². The number of hydrogen-bond acceptors (Lipinski definition) is 5. The molecule has 2 heterocycles. The number of amides is 1. The summed E-state index contributed by atoms with van der Waals surface area (Å²) < 4.78 is 0. The Kier molecular flexibility index (Phi) is 4.04. The van der Waals surface area contributed by atoms with Crippen molar-refractivity contribution >= 4 is 28.6 Å². The second-order valence-corrected chi connectivity index (χ2v) is 6.46. The fraction of sp³-hybridized carbons (Fsp3) is 0.312. The van der Waals surface area contributed by atoms with E-state index in [4.69, 9.17) is 0 Å². The normalized spacial score (nSPS) is 16.8. The molecule has 1 aliphatic rings. The predicted molar refractivity (Wildman–Crippen MR) is 90.1 cm³/mol. The molecule has 1 amide bonds. The second kappa shape index (κ2) is 6.00. The summed E-state index contributed by atoms with van der Waals surface area (Å²) in [5.74, 6) is -0.167. The largest absolute Gasteiger partial charge is 0.383 e. The highest BCUT2D eigenvalue weighted by atomic mass is 32.1. The number of nitro benzene ring substituents is 1. The molecule has 7 heteroatoms. The zero-order valence-electron chi connectivity index (χ0n) is 12.9. The van der Waals surface area contributed by atoms with Crippen molar-refractivity contribution < 1.29 is 9.72 Å². The number of carbonyl (C=O) groups excluding carboxylic acids is 1. The van der Waals surface area contributed by atoms with Gasteiger partial charge >= 0.3 is 0 Å². The van der Waals surface area contributed by atoms with Gasteiger partial charge in [0.2, 0.25) is 0 Å². The van der Waals surface area contributed by atoms with E-state index in [9.17, 15) is 14.9 Å². The molecule has 1 aromatic carbocycles. The van der Waals surface area contributed by atoms with E-state index in [1.165, 1.54) is 16.5 Å². The van der Waals surface area contributed by atoms with Gasteiger partial charge in [-0.3, -0.25) is 14.9 Å². The summed E-state index contributed by atoms with van der Waals surface area (Å²) in [6.45, 7) is 2.63. The van der Waals surface area contributed by atoms with E-state index in [0.717, 1.165) is 6.42 Å². The van der Waals surface area contributed by atoms with Crippen LogP contribution in [0, 0.1) is 10.1 Å². The van der Waals surface area contributed by atoms with Crippen molar-refractivity contribution in [3.05, 3.63) is 55.8 Å². The van der Waals surface area contributed by atoms with Crippen molar-refractivity contribution in [1.82, 2.24) is 4.90 Å². The van der Waals surface area contributed by atoms with Crippen LogP contribution in [0.3, 0.4) is 0 Å². The number of nitro groups is 1. The highest BCUT2D eigenvalue weighted by Crippen LogP contribution is 2.34. The molecule has 120 valence electrons. The van der Waals surface area contributed by atoms with Crippen LogP contribution in [-0.2, 0) is 6.42 Å². The highest BCUT2D eigenvalue weighted by molar-refractivity contribution is 7.10. The molecule has 1 aromatic heterocycles. The minimum absolute atomic E-state index is 0.0134. The average molecular weight is 331 g/mol. The Labute approximate surface area is 137 Å². The predicted octanol–water partition coefficient (Wildman–Crippen LogP) is 3.46. The van der Waals surface area contributed by atoms with E-state index in [-0.39, 0.29) is 17.6 Å². The number of anilines is 1. The first kappa shape index (κ1) is 15.5. The molecule has 6 nitrogen and oxygen atoms in total. The number of nitrogens with one attached hydrogen (secondary N) is 1. The smallest absolute Gasteiger partial charge is 0.293 e. The summed E-state index contributed by atoms with van der Waals surface area (Å²) in [5, 5.41) is 16.0. The van der Waals surface area contributed by atoms with Crippen LogP contribution in [0.4, 0.5) is 11.4 Å². The monoisotopic (exact) mass is 331 g/mol. The topological polar surface area (TPSA) is 75.5 Å². The average Bonchev–Trinajstić information content (AvgIpc) is 3.03. The van der Waals surface area contributed by atoms with Crippen LogP contribution in [0.5, 0.6) is 0 Å². The van der Waals surface area contributed by atoms with Gasteiger partial charge in [0.15, 0.2) is 0 Å². The Hall–Kier alpha value is -2.41. The van der Waals surface area contributed by atoms with Gasteiger partial charge in [0.1, 0.15) is 5.69 Å². The molecular formula is C16H17N3O3S. The van der Waals surface area contributed by atoms with Gasteiger partial charge in [-0.15, -0.1) is 11.3 Å². The van der Waals surface area contributed by atoms with Crippen molar-refractivity contribution in [3.63, 3.8) is 0 Å². The number of rotatable bonds is 3. The maximum atomic E-state index is 12.8. The number of nitrogens with zero attached hydrogens (tertiary/aromatic N) is 2. The quantitative estimate of drug-likeness (QED) is 0.690. The van der Waals surface area contributed by atoms with Crippen molar-refractivity contribution in [1.29, 1.82) is 0 Å². The first-order chi connectivity index (χ1) is 11.0. The van der Waals surface area contributed by atoms with Crippen LogP contribution in [0.25, 0.3) is 0 Å². The third-order valence-corrected chi connectivity index (χ3v) is 5.25. The van der Waals surface area contributed by atoms with E-state index in [0.29, 0.717) is 17.8 Å². The SMILES string of the molecule is CNc1ccc(C(=O)N2CCc3sccc3[C@@H]2C)cc1[N+](=O)[O-]. The van der Waals surface area contributed by atoms with Crippen LogP contribution in [-0.4, -0.2) is 29.3 Å². The molecule has 3 rings (SSSR count). The zero-order chi connectivity index (χ0) is 16.6. The molecule has 0 saturated heterocycles. The Balaban J connectivity index is 1.92. The van der Waals surface area contributed by atoms with E-state index in [1.54, 1.807) is 35.4 Å². The third-order valence-electron chi connectivity index (χ3n) is 4.25. The lowest BCUT2D eigenvalue weighted by atomic mass is 10.00. The first-order valence-corrected chi connectivity index (χ1v) is 8.24. The van der Waals surface area contributed by atoms with Gasteiger partial charge in [0, 0.05) is 30.1 Å². The fourth-order valence-electron chi connectivity index (χ4n) is 2.98. The van der Waals surface area contributed by atoms with E-state index < -0.39 is 4.92 Å². The maximum Gasteiger partial charge on any atom is 0.293 e. The van der Waals surface area contributed by atoms with Crippen LogP contribution in [0.2, 0.25) is 0 Å². The van der Waals surface area contributed by atoms with E-state index in [2.05, 4.69) is 11.4 Å². The van der Waals surface area contributed by atoms with Gasteiger partial charge < -0.3 is 10.2 Å². The molecule has 0 bridgehead atoms. The first-order valence-electron chi connectivity index (χ1n) is 7.36. The molecule has 23 heavy (non-hydrogen) atoms. The van der Waals surface area contributed by atoms with Gasteiger partial charge in [0.05, 0.1) is 11.0 Å². The zero-order valence-corrected chi connectivity index (χ0v) is 13.7. The highest BCUT2D eigenvalue weighted by Gasteiger charge is 2.30. The number of hydrogen-bond donors (Lipinski definition) is 1. The minimum atomic E-state index is -0.473. The van der Waals surface area contributed by atoms with Gasteiger partial charge in [-0.2, -0.15) is 0 Å². The number of thiophene rings is 1. The van der Waals surface area contributed by atoms with Crippen LogP contribution < -0.4 is 5.32 Å². The van der Waals surface area contributed by atoms with E-state index in [1.807, 2.05) is 12.3 Å². The maximum absolute atomic E-state index is 12.8. The molecule has 0 saturated carbocycles. The number of benzene rings is 1. The summed E-state index contributed by atoms with van der Waals surface area (Å²) in [6, 6.07) is 6.61. The van der Waals surface area contributed by atoms with Crippen LogP contribution in [0.15, 0.2) is 29.6 Å². The van der Waals surface area contributed by atoms with Gasteiger partial charge in [-0.25, -0.2) is 0 Å². The Morgan fingerprint density at radius 2 is 2.22 bits per heavy atom. The Morgan fingerprint density at radius 1 is 1.43 bits per heavy atom. The number of carbonyl (C=O) groups is 1. The number of fused-ring (bicyclic) bond motifs is 1. The van der Waals surface area contributed by atoms with Gasteiger partial charge in [-0.05, 0) is 42.5 Å². The van der Waals surface area contributed by atoms with Crippen molar-refractivity contribution in [2.45, 2.75) is 19.4 Å². The van der Waals surface area contributed by atoms with E-state index >= 15 is 0 Å². The Morgan fingerprint density at radius 3 is 2.91 bits per heavy atom. The van der Waals surface area contributed by atoms with Crippen LogP contribution in [0.1, 0.15) is 33.8 Å². The molecular weight excluding hydrogens is 314 g/mol. The molecule has 0 aliphatic carbocycles. The summed E-state index contributed by atoms with van der Waals surface area (Å²) in [7, 11) is 1.62. The second-order valence-electron chi connectivity index (χ2n) is 5.46. The van der Waals surface area contributed by atoms with Gasteiger partial charge in [0.25, 0.3) is 11.6 Å². The third kappa shape index (κ3) is 2.68. The summed E-state index contributed by atoms with van der Waals surface area (Å²) >= 11 is 1.71. The lowest BCUT2D eigenvalue weighted by Crippen LogP contribution is -2.38. The molecule has 1 atom stereocenters. The summed E-state index contributed by atoms with van der Waals surface area (Å²) in [5.41, 5.74) is 1.84. The molecule has 0 radical (unpaired) electrons. The lowest BCUT2D eigenvalue weighted by Gasteiger charge is -2.33. The summed E-state index contributed by atoms with van der Waals surface area (Å²) in [4.78, 5) is 26.6. The molecule has 0 fully saturated rings. The minimum Gasteiger partial charge on any atom is -0.383 e. The van der Waals surface area contributed by atoms with Gasteiger partial charge in [-0.1, -0.05) is 0 Å². The van der Waals surface area contributed by atoms with Crippen molar-refractivity contribution in [2.24, 2.45) is 0 Å². The molecule has 0 unspecified atom stereocenters. The molecule has 0 spiro atoms. The summed E-state index contributed by atoms with van der Waals surface area (Å²) in [6.07, 6.45) is 0.833. The Bertz CT molecular complexity index is 772. The van der Waals surface area contributed by atoms with Crippen LogP contribution >= 0.6 is 11.3 Å². The molecule has 1 aliphatic heterocycles. The lowest BCUT2D eigenvalue weighted by molar-refractivity contribution is -0.384. The standard InChI is InChI=1S/C16H17N3O3S/c1-10-12-6-8-23-15(12)5-7-18(10)16(20)11-3-4-13(17-2)14(9-11)19(21)22/h3-4,6,8-10,17H,5,7H2,1-2H3/t10-/m0/s1. The molecule has 2 aromatic rings.